The van der Waals surface area contributed by atoms with Gasteiger partial charge in [0.1, 0.15) is 5.82 Å². The van der Waals surface area contributed by atoms with E-state index in [1.54, 1.807) is 12.1 Å². The minimum atomic E-state index is -3.39. The Bertz CT molecular complexity index is 1010. The lowest BCUT2D eigenvalue weighted by atomic mass is 10.1. The van der Waals surface area contributed by atoms with Gasteiger partial charge >= 0.3 is 0 Å². The summed E-state index contributed by atoms with van der Waals surface area (Å²) in [6.07, 6.45) is 2.87. The minimum Gasteiger partial charge on any atom is -0.296 e. The van der Waals surface area contributed by atoms with Gasteiger partial charge in [-0.05, 0) is 36.2 Å². The van der Waals surface area contributed by atoms with Crippen molar-refractivity contribution in [3.05, 3.63) is 52.8 Å². The fourth-order valence-electron chi connectivity index (χ4n) is 2.82. The van der Waals surface area contributed by atoms with Crippen LogP contribution in [0.2, 0.25) is 5.02 Å². The van der Waals surface area contributed by atoms with Gasteiger partial charge in [0.25, 0.3) is 0 Å². The van der Waals surface area contributed by atoms with Crippen molar-refractivity contribution in [2.45, 2.75) is 31.6 Å². The van der Waals surface area contributed by atoms with Gasteiger partial charge in [0.15, 0.2) is 9.84 Å². The second kappa shape index (κ2) is 6.22. The van der Waals surface area contributed by atoms with Gasteiger partial charge in [-0.3, -0.25) is 4.57 Å². The summed E-state index contributed by atoms with van der Waals surface area (Å²) in [5.41, 5.74) is 3.71. The first-order chi connectivity index (χ1) is 11.3. The fraction of sp³-hybridized carbons (Fsp3) is 0.278. The van der Waals surface area contributed by atoms with Crippen molar-refractivity contribution in [1.82, 2.24) is 9.55 Å². The Morgan fingerprint density at radius 3 is 2.29 bits per heavy atom. The van der Waals surface area contributed by atoms with Crippen LogP contribution in [0.3, 0.4) is 0 Å². The van der Waals surface area contributed by atoms with Crippen molar-refractivity contribution >= 4 is 32.5 Å². The molecular weight excluding hydrogens is 344 g/mol. The largest absolute Gasteiger partial charge is 0.296 e. The topological polar surface area (TPSA) is 52.0 Å². The molecule has 1 heterocycles. The zero-order valence-corrected chi connectivity index (χ0v) is 15.4. The molecule has 4 nitrogen and oxygen atoms in total. The number of aryl methyl sites for hydroxylation is 2. The van der Waals surface area contributed by atoms with E-state index < -0.39 is 9.84 Å². The summed E-state index contributed by atoms with van der Waals surface area (Å²) in [5, 5.41) is 0.221. The van der Waals surface area contributed by atoms with E-state index in [1.807, 2.05) is 11.5 Å². The highest BCUT2D eigenvalue weighted by molar-refractivity contribution is 7.90. The molecule has 0 aliphatic heterocycles. The molecule has 0 aliphatic carbocycles. The first-order valence-corrected chi connectivity index (χ1v) is 10.1. The number of hydrogen-bond donors (Lipinski definition) is 0. The lowest BCUT2D eigenvalue weighted by Crippen LogP contribution is -2.01. The summed E-state index contributed by atoms with van der Waals surface area (Å²) in [6.45, 7) is 4.14. The van der Waals surface area contributed by atoms with Crippen LogP contribution in [0.25, 0.3) is 16.7 Å². The number of sulfone groups is 1. The number of halogens is 1. The molecule has 24 heavy (non-hydrogen) atoms. The molecule has 0 unspecified atom stereocenters. The fourth-order valence-corrected chi connectivity index (χ4v) is 4.14. The Balaban J connectivity index is 2.28. The van der Waals surface area contributed by atoms with E-state index >= 15 is 0 Å². The molecule has 0 atom stereocenters. The highest BCUT2D eigenvalue weighted by Gasteiger charge is 2.18. The smallest absolute Gasteiger partial charge is 0.177 e. The van der Waals surface area contributed by atoms with Crippen LogP contribution in [0.5, 0.6) is 0 Å². The summed E-state index contributed by atoms with van der Waals surface area (Å²) in [4.78, 5) is 4.72. The molecule has 0 spiro atoms. The molecule has 2 aromatic carbocycles. The number of benzene rings is 2. The quantitative estimate of drug-likeness (QED) is 0.698. The minimum absolute atomic E-state index is 0.116. The molecular formula is C18H19ClN2O2S. The molecule has 0 saturated heterocycles. The Morgan fingerprint density at radius 1 is 1.08 bits per heavy atom. The Kier molecular flexibility index (Phi) is 4.40. The number of fused-ring (bicyclic) bond motifs is 1. The van der Waals surface area contributed by atoms with Crippen molar-refractivity contribution in [2.75, 3.05) is 6.26 Å². The van der Waals surface area contributed by atoms with Crippen LogP contribution in [-0.2, 0) is 22.7 Å². The molecule has 6 heteroatoms. The molecule has 0 fully saturated rings. The third-order valence-electron chi connectivity index (χ3n) is 4.10. The van der Waals surface area contributed by atoms with E-state index in [1.165, 1.54) is 5.56 Å². The van der Waals surface area contributed by atoms with Gasteiger partial charge in [-0.15, -0.1) is 0 Å². The van der Waals surface area contributed by atoms with Crippen LogP contribution < -0.4 is 0 Å². The van der Waals surface area contributed by atoms with Gasteiger partial charge in [0.2, 0.25) is 0 Å². The second-order valence-corrected chi connectivity index (χ2v) is 8.17. The van der Waals surface area contributed by atoms with Gasteiger partial charge in [-0.2, -0.15) is 0 Å². The molecule has 3 aromatic rings. The maximum atomic E-state index is 11.9. The SMILES string of the molecule is CCc1ccc(-n2c(CC)nc3cc(S(C)(=O)=O)c(Cl)cc32)cc1. The van der Waals surface area contributed by atoms with Crippen LogP contribution in [0.1, 0.15) is 25.2 Å². The van der Waals surface area contributed by atoms with E-state index in [0.717, 1.165) is 36.1 Å². The predicted molar refractivity (Wildman–Crippen MR) is 97.9 cm³/mol. The molecule has 0 radical (unpaired) electrons. The molecule has 0 saturated carbocycles. The lowest BCUT2D eigenvalue weighted by molar-refractivity contribution is 0.602. The molecule has 0 N–H and O–H groups in total. The van der Waals surface area contributed by atoms with E-state index in [2.05, 4.69) is 36.2 Å². The van der Waals surface area contributed by atoms with Crippen LogP contribution in [0.4, 0.5) is 0 Å². The van der Waals surface area contributed by atoms with Crippen molar-refractivity contribution in [3.63, 3.8) is 0 Å². The van der Waals surface area contributed by atoms with E-state index in [9.17, 15) is 8.42 Å². The van der Waals surface area contributed by atoms with E-state index in [4.69, 9.17) is 11.6 Å². The van der Waals surface area contributed by atoms with Gasteiger partial charge in [0, 0.05) is 18.4 Å². The van der Waals surface area contributed by atoms with Crippen molar-refractivity contribution in [3.8, 4) is 5.69 Å². The first-order valence-electron chi connectivity index (χ1n) is 7.85. The van der Waals surface area contributed by atoms with Crippen LogP contribution >= 0.6 is 11.6 Å². The lowest BCUT2D eigenvalue weighted by Gasteiger charge is -2.10. The van der Waals surface area contributed by atoms with Crippen LogP contribution in [0, 0.1) is 0 Å². The maximum absolute atomic E-state index is 11.9. The summed E-state index contributed by atoms with van der Waals surface area (Å²) in [6, 6.07) is 11.5. The van der Waals surface area contributed by atoms with Gasteiger partial charge in [-0.25, -0.2) is 13.4 Å². The van der Waals surface area contributed by atoms with Gasteiger partial charge in [-0.1, -0.05) is 37.6 Å². The summed E-state index contributed by atoms with van der Waals surface area (Å²) in [5.74, 6) is 0.871. The van der Waals surface area contributed by atoms with Crippen molar-refractivity contribution in [2.24, 2.45) is 0 Å². The summed E-state index contributed by atoms with van der Waals surface area (Å²) < 4.78 is 25.8. The average Bonchev–Trinajstić information content (AvgIpc) is 2.90. The monoisotopic (exact) mass is 362 g/mol. The van der Waals surface area contributed by atoms with Gasteiger partial charge in [0.05, 0.1) is 21.0 Å². The molecule has 1 aromatic heterocycles. The zero-order valence-electron chi connectivity index (χ0n) is 13.9. The third kappa shape index (κ3) is 2.94. The molecule has 126 valence electrons. The first kappa shape index (κ1) is 17.0. The molecule has 0 amide bonds. The standard InChI is InChI=1S/C18H19ClN2O2S/c1-4-12-6-8-13(9-7-12)21-16-10-14(19)17(24(3,22)23)11-15(16)20-18(21)5-2/h6-11H,4-5H2,1-3H3. The van der Waals surface area contributed by atoms with Crippen LogP contribution in [-0.4, -0.2) is 24.2 Å². The predicted octanol–water partition coefficient (Wildman–Crippen LogP) is 4.21. The summed E-state index contributed by atoms with van der Waals surface area (Å²) >= 11 is 6.23. The highest BCUT2D eigenvalue weighted by Crippen LogP contribution is 2.30. The average molecular weight is 363 g/mol. The Morgan fingerprint density at radius 2 is 1.75 bits per heavy atom. The van der Waals surface area contributed by atoms with E-state index in [0.29, 0.717) is 5.52 Å². The Hall–Kier alpha value is -1.85. The Labute approximate surface area is 147 Å². The van der Waals surface area contributed by atoms with E-state index in [-0.39, 0.29) is 9.92 Å². The second-order valence-electron chi connectivity index (χ2n) is 5.78. The zero-order chi connectivity index (χ0) is 17.5. The third-order valence-corrected chi connectivity index (χ3v) is 5.66. The van der Waals surface area contributed by atoms with Crippen molar-refractivity contribution < 1.29 is 8.42 Å². The number of rotatable bonds is 4. The number of hydrogen-bond acceptors (Lipinski definition) is 3. The van der Waals surface area contributed by atoms with Crippen LogP contribution in [0.15, 0.2) is 41.3 Å². The normalized spacial score (nSPS) is 12.0. The number of nitrogens with zero attached hydrogens (tertiary/aromatic N) is 2. The van der Waals surface area contributed by atoms with Gasteiger partial charge < -0.3 is 0 Å². The number of aromatic nitrogens is 2. The summed E-state index contributed by atoms with van der Waals surface area (Å²) in [7, 11) is -3.39. The molecule has 0 bridgehead atoms. The number of imidazole rings is 1. The van der Waals surface area contributed by atoms with Crippen molar-refractivity contribution in [1.29, 1.82) is 0 Å². The maximum Gasteiger partial charge on any atom is 0.177 e. The molecule has 3 rings (SSSR count). The molecule has 0 aliphatic rings. The highest BCUT2D eigenvalue weighted by atomic mass is 35.5.